The summed E-state index contributed by atoms with van der Waals surface area (Å²) in [6, 6.07) is 6.05. The molecule has 0 aliphatic carbocycles. The topological polar surface area (TPSA) is 55.1 Å². The molecule has 0 aliphatic heterocycles. The molecular formula is C10H13FN2O. The molecule has 1 aromatic carbocycles. The summed E-state index contributed by atoms with van der Waals surface area (Å²) in [5, 5.41) is 2.59. The molecule has 0 fully saturated rings. The van der Waals surface area contributed by atoms with Crippen LogP contribution in [-0.4, -0.2) is 11.9 Å². The van der Waals surface area contributed by atoms with Crippen LogP contribution in [0.2, 0.25) is 0 Å². The zero-order valence-corrected chi connectivity index (χ0v) is 7.96. The van der Waals surface area contributed by atoms with Crippen molar-refractivity contribution >= 4 is 11.6 Å². The van der Waals surface area contributed by atoms with E-state index in [9.17, 15) is 9.18 Å². The van der Waals surface area contributed by atoms with Gasteiger partial charge in [0.15, 0.2) is 0 Å². The molecule has 0 unspecified atom stereocenters. The highest BCUT2D eigenvalue weighted by Crippen LogP contribution is 2.11. The predicted octanol–water partition coefficient (Wildman–Crippen LogP) is 1.44. The van der Waals surface area contributed by atoms with E-state index >= 15 is 0 Å². The Morgan fingerprint density at radius 2 is 2.36 bits per heavy atom. The number of hydrogen-bond donors (Lipinski definition) is 2. The fourth-order valence-electron chi connectivity index (χ4n) is 0.988. The number of halogens is 1. The molecular weight excluding hydrogens is 183 g/mol. The van der Waals surface area contributed by atoms with Crippen molar-refractivity contribution in [1.82, 2.24) is 0 Å². The van der Waals surface area contributed by atoms with E-state index in [2.05, 4.69) is 5.32 Å². The van der Waals surface area contributed by atoms with Gasteiger partial charge in [0.1, 0.15) is 6.67 Å². The molecule has 76 valence electrons. The van der Waals surface area contributed by atoms with Crippen LogP contribution in [0.3, 0.4) is 0 Å². The van der Waals surface area contributed by atoms with Gasteiger partial charge in [0, 0.05) is 5.69 Å². The van der Waals surface area contributed by atoms with E-state index in [4.69, 9.17) is 5.73 Å². The number of alkyl halides is 1. The minimum Gasteiger partial charge on any atom is -0.325 e. The summed E-state index contributed by atoms with van der Waals surface area (Å²) in [6.07, 6.45) is 0. The van der Waals surface area contributed by atoms with E-state index < -0.39 is 12.7 Å². The molecule has 1 rings (SSSR count). The molecule has 0 spiro atoms. The fourth-order valence-corrected chi connectivity index (χ4v) is 0.988. The van der Waals surface area contributed by atoms with Crippen LogP contribution < -0.4 is 11.1 Å². The van der Waals surface area contributed by atoms with Crippen LogP contribution in [-0.2, 0) is 11.5 Å². The molecule has 1 amide bonds. The Morgan fingerprint density at radius 1 is 1.64 bits per heavy atom. The molecule has 0 bridgehead atoms. The lowest BCUT2D eigenvalue weighted by Gasteiger charge is -2.08. The van der Waals surface area contributed by atoms with Crippen LogP contribution in [0.1, 0.15) is 12.5 Å². The number of rotatable bonds is 3. The SMILES string of the molecule is C[C@H](N)C(=O)Nc1cccc(CF)c1. The molecule has 3 N–H and O–H groups in total. The lowest BCUT2D eigenvalue weighted by molar-refractivity contribution is -0.117. The maximum Gasteiger partial charge on any atom is 0.240 e. The van der Waals surface area contributed by atoms with E-state index in [1.54, 1.807) is 31.2 Å². The second kappa shape index (κ2) is 4.72. The third kappa shape index (κ3) is 2.81. The van der Waals surface area contributed by atoms with Gasteiger partial charge in [0.25, 0.3) is 0 Å². The minimum absolute atomic E-state index is 0.277. The number of nitrogens with two attached hydrogens (primary N) is 1. The molecule has 14 heavy (non-hydrogen) atoms. The Kier molecular flexibility index (Phi) is 3.59. The van der Waals surface area contributed by atoms with Crippen molar-refractivity contribution in [2.75, 3.05) is 5.32 Å². The highest BCUT2D eigenvalue weighted by molar-refractivity contribution is 5.94. The third-order valence-corrected chi connectivity index (χ3v) is 1.76. The number of hydrogen-bond acceptors (Lipinski definition) is 2. The summed E-state index contributed by atoms with van der Waals surface area (Å²) in [5.74, 6) is -0.277. The summed E-state index contributed by atoms with van der Waals surface area (Å²) in [4.78, 5) is 11.2. The third-order valence-electron chi connectivity index (χ3n) is 1.76. The normalized spacial score (nSPS) is 12.2. The number of amides is 1. The Balaban J connectivity index is 2.72. The largest absolute Gasteiger partial charge is 0.325 e. The van der Waals surface area contributed by atoms with Gasteiger partial charge in [-0.15, -0.1) is 0 Å². The second-order valence-corrected chi connectivity index (χ2v) is 3.11. The lowest BCUT2D eigenvalue weighted by Crippen LogP contribution is -2.32. The maximum atomic E-state index is 12.3. The van der Waals surface area contributed by atoms with Crippen molar-refractivity contribution in [3.05, 3.63) is 29.8 Å². The maximum absolute atomic E-state index is 12.3. The molecule has 0 saturated carbocycles. The Morgan fingerprint density at radius 3 is 2.93 bits per heavy atom. The van der Waals surface area contributed by atoms with Gasteiger partial charge in [0.05, 0.1) is 6.04 Å². The van der Waals surface area contributed by atoms with E-state index in [0.717, 1.165) is 0 Å². The molecule has 0 saturated heterocycles. The lowest BCUT2D eigenvalue weighted by atomic mass is 10.2. The molecule has 0 radical (unpaired) electrons. The predicted molar refractivity (Wildman–Crippen MR) is 53.5 cm³/mol. The quantitative estimate of drug-likeness (QED) is 0.768. The molecule has 1 atom stereocenters. The standard InChI is InChI=1S/C10H13FN2O/c1-7(12)10(14)13-9-4-2-3-8(5-9)6-11/h2-5,7H,6,12H2,1H3,(H,13,14)/t7-/m0/s1. The highest BCUT2D eigenvalue weighted by atomic mass is 19.1. The van der Waals surface area contributed by atoms with Crippen molar-refractivity contribution in [2.45, 2.75) is 19.6 Å². The fraction of sp³-hybridized carbons (Fsp3) is 0.300. The van der Waals surface area contributed by atoms with Crippen LogP contribution in [0, 0.1) is 0 Å². The molecule has 0 aliphatic rings. The van der Waals surface area contributed by atoms with Crippen molar-refractivity contribution in [3.63, 3.8) is 0 Å². The summed E-state index contributed by atoms with van der Waals surface area (Å²) in [5.41, 5.74) is 6.47. The van der Waals surface area contributed by atoms with Gasteiger partial charge in [-0.1, -0.05) is 12.1 Å². The van der Waals surface area contributed by atoms with E-state index in [-0.39, 0.29) is 5.91 Å². The highest BCUT2D eigenvalue weighted by Gasteiger charge is 2.07. The van der Waals surface area contributed by atoms with Gasteiger partial charge in [-0.25, -0.2) is 4.39 Å². The second-order valence-electron chi connectivity index (χ2n) is 3.11. The van der Waals surface area contributed by atoms with Crippen LogP contribution in [0.15, 0.2) is 24.3 Å². The molecule has 0 heterocycles. The molecule has 1 aromatic rings. The zero-order chi connectivity index (χ0) is 10.6. The van der Waals surface area contributed by atoms with E-state index in [1.165, 1.54) is 0 Å². The first kappa shape index (κ1) is 10.7. The first-order valence-electron chi connectivity index (χ1n) is 4.35. The Labute approximate surface area is 82.1 Å². The summed E-state index contributed by atoms with van der Waals surface area (Å²) < 4.78 is 12.3. The van der Waals surface area contributed by atoms with Crippen LogP contribution in [0.4, 0.5) is 10.1 Å². The molecule has 3 nitrogen and oxygen atoms in total. The van der Waals surface area contributed by atoms with Gasteiger partial charge in [-0.2, -0.15) is 0 Å². The van der Waals surface area contributed by atoms with Gasteiger partial charge in [-0.05, 0) is 24.6 Å². The average molecular weight is 196 g/mol. The monoisotopic (exact) mass is 196 g/mol. The van der Waals surface area contributed by atoms with Crippen LogP contribution >= 0.6 is 0 Å². The number of benzene rings is 1. The van der Waals surface area contributed by atoms with Crippen molar-refractivity contribution in [2.24, 2.45) is 5.73 Å². The average Bonchev–Trinajstić information content (AvgIpc) is 2.18. The van der Waals surface area contributed by atoms with E-state index in [0.29, 0.717) is 11.3 Å². The van der Waals surface area contributed by atoms with E-state index in [1.807, 2.05) is 0 Å². The van der Waals surface area contributed by atoms with Gasteiger partial charge < -0.3 is 11.1 Å². The first-order valence-corrected chi connectivity index (χ1v) is 4.35. The molecule has 0 aromatic heterocycles. The van der Waals surface area contributed by atoms with Gasteiger partial charge >= 0.3 is 0 Å². The molecule has 4 heteroatoms. The van der Waals surface area contributed by atoms with Crippen molar-refractivity contribution in [3.8, 4) is 0 Å². The van der Waals surface area contributed by atoms with Gasteiger partial charge in [0.2, 0.25) is 5.91 Å². The number of nitrogens with one attached hydrogen (secondary N) is 1. The summed E-state index contributed by atoms with van der Waals surface area (Å²) in [6.45, 7) is 1.05. The Bertz CT molecular complexity index is 326. The smallest absolute Gasteiger partial charge is 0.240 e. The zero-order valence-electron chi connectivity index (χ0n) is 7.96. The van der Waals surface area contributed by atoms with Gasteiger partial charge in [-0.3, -0.25) is 4.79 Å². The number of carbonyl (C=O) groups excluding carboxylic acids is 1. The number of anilines is 1. The van der Waals surface area contributed by atoms with Crippen molar-refractivity contribution < 1.29 is 9.18 Å². The summed E-state index contributed by atoms with van der Waals surface area (Å²) in [7, 11) is 0. The Hall–Kier alpha value is -1.42. The number of carbonyl (C=O) groups is 1. The minimum atomic E-state index is -0.566. The first-order chi connectivity index (χ1) is 6.63. The summed E-state index contributed by atoms with van der Waals surface area (Å²) >= 11 is 0. The van der Waals surface area contributed by atoms with Crippen LogP contribution in [0.25, 0.3) is 0 Å². The van der Waals surface area contributed by atoms with Crippen LogP contribution in [0.5, 0.6) is 0 Å². The van der Waals surface area contributed by atoms with Crippen molar-refractivity contribution in [1.29, 1.82) is 0 Å².